The minimum Gasteiger partial charge on any atom is -0.507 e. The highest BCUT2D eigenvalue weighted by atomic mass is 32.1. The highest BCUT2D eigenvalue weighted by Gasteiger charge is 2.46. The van der Waals surface area contributed by atoms with Gasteiger partial charge in [-0.3, -0.25) is 9.59 Å². The third kappa shape index (κ3) is 4.10. The molecule has 3 aromatic rings. The van der Waals surface area contributed by atoms with Gasteiger partial charge in [-0.1, -0.05) is 26.0 Å². The Morgan fingerprint density at radius 3 is 2.50 bits per heavy atom. The summed E-state index contributed by atoms with van der Waals surface area (Å²) in [5.41, 5.74) is 1.58. The molecule has 4 rings (SSSR count). The number of hydrogen-bond acceptors (Lipinski definition) is 6. The van der Waals surface area contributed by atoms with E-state index < -0.39 is 17.7 Å². The summed E-state index contributed by atoms with van der Waals surface area (Å²) >= 11 is 3.00. The number of ketones is 1. The van der Waals surface area contributed by atoms with Gasteiger partial charge in [-0.05, 0) is 59.5 Å². The van der Waals surface area contributed by atoms with Gasteiger partial charge in [0.25, 0.3) is 11.7 Å². The summed E-state index contributed by atoms with van der Waals surface area (Å²) in [6.07, 6.45) is 0. The molecule has 1 saturated heterocycles. The first-order valence-corrected chi connectivity index (χ1v) is 12.3. The average Bonchev–Trinajstić information content (AvgIpc) is 3.53. The molecule has 1 aliphatic rings. The lowest BCUT2D eigenvalue weighted by Gasteiger charge is -2.23. The maximum atomic E-state index is 13.1. The molecule has 0 radical (unpaired) electrons. The van der Waals surface area contributed by atoms with Gasteiger partial charge in [-0.2, -0.15) is 0 Å². The molecule has 1 aromatic carbocycles. The Hall–Kier alpha value is -2.90. The molecule has 1 N–H and O–H groups in total. The molecule has 1 fully saturated rings. The normalized spacial score (nSPS) is 18.0. The maximum Gasteiger partial charge on any atom is 0.296 e. The highest BCUT2D eigenvalue weighted by Crippen LogP contribution is 2.42. The van der Waals surface area contributed by atoms with E-state index in [2.05, 4.69) is 0 Å². The predicted molar refractivity (Wildman–Crippen MR) is 128 cm³/mol. The second-order valence-electron chi connectivity index (χ2n) is 7.86. The summed E-state index contributed by atoms with van der Waals surface area (Å²) < 4.78 is 5.73. The lowest BCUT2D eigenvalue weighted by Crippen LogP contribution is -2.28. The second kappa shape index (κ2) is 9.30. The van der Waals surface area contributed by atoms with Crippen LogP contribution in [0.25, 0.3) is 5.76 Å². The van der Waals surface area contributed by atoms with E-state index in [1.807, 2.05) is 67.9 Å². The summed E-state index contributed by atoms with van der Waals surface area (Å²) in [5, 5.41) is 15.1. The van der Waals surface area contributed by atoms with Gasteiger partial charge in [0.05, 0.1) is 18.7 Å². The van der Waals surface area contributed by atoms with Crippen molar-refractivity contribution in [1.82, 2.24) is 4.90 Å². The van der Waals surface area contributed by atoms with Crippen LogP contribution in [-0.2, 0) is 16.1 Å². The summed E-state index contributed by atoms with van der Waals surface area (Å²) in [5.74, 6) is -0.475. The fourth-order valence-corrected chi connectivity index (χ4v) is 5.49. The van der Waals surface area contributed by atoms with Crippen molar-refractivity contribution >= 4 is 40.1 Å². The van der Waals surface area contributed by atoms with Crippen molar-refractivity contribution in [1.29, 1.82) is 0 Å². The minimum absolute atomic E-state index is 0.132. The lowest BCUT2D eigenvalue weighted by atomic mass is 9.95. The molecule has 0 spiro atoms. The fraction of sp³-hybridized carbons (Fsp3) is 0.280. The predicted octanol–water partition coefficient (Wildman–Crippen LogP) is 5.95. The monoisotopic (exact) mass is 467 g/mol. The molecule has 1 aliphatic heterocycles. The Kier molecular flexibility index (Phi) is 6.48. The van der Waals surface area contributed by atoms with Gasteiger partial charge in [0.2, 0.25) is 0 Å². The van der Waals surface area contributed by atoms with Crippen molar-refractivity contribution in [2.24, 2.45) is 0 Å². The number of amides is 1. The number of rotatable bonds is 7. The largest absolute Gasteiger partial charge is 0.507 e. The van der Waals surface area contributed by atoms with E-state index in [-0.39, 0.29) is 17.3 Å². The van der Waals surface area contributed by atoms with Crippen molar-refractivity contribution in [2.45, 2.75) is 39.3 Å². The Morgan fingerprint density at radius 2 is 1.88 bits per heavy atom. The Bertz CT molecular complexity index is 1150. The van der Waals surface area contributed by atoms with Gasteiger partial charge < -0.3 is 14.7 Å². The molecule has 7 heteroatoms. The molecule has 1 unspecified atom stereocenters. The number of carbonyl (C=O) groups excluding carboxylic acids is 2. The highest BCUT2D eigenvalue weighted by molar-refractivity contribution is 7.10. The lowest BCUT2D eigenvalue weighted by molar-refractivity contribution is -0.140. The van der Waals surface area contributed by atoms with Crippen LogP contribution in [0.3, 0.4) is 0 Å². The SMILES string of the molecule is CCOc1ccc(/C(O)=C2/C(=O)C(=O)N(Cc3cccs3)C2c2cccs2)cc1C(C)C. The first-order valence-electron chi connectivity index (χ1n) is 10.5. The van der Waals surface area contributed by atoms with E-state index in [1.54, 1.807) is 11.0 Å². The number of ether oxygens (including phenoxy) is 1. The quantitative estimate of drug-likeness (QED) is 0.265. The number of thiophene rings is 2. The fourth-order valence-electron chi connectivity index (χ4n) is 3.95. The van der Waals surface area contributed by atoms with Crippen LogP contribution in [0.5, 0.6) is 5.75 Å². The van der Waals surface area contributed by atoms with Crippen molar-refractivity contribution in [2.75, 3.05) is 6.61 Å². The number of hydrogen-bond donors (Lipinski definition) is 1. The number of nitrogens with zero attached hydrogens (tertiary/aromatic N) is 1. The number of carbonyl (C=O) groups is 2. The molecule has 5 nitrogen and oxygen atoms in total. The smallest absolute Gasteiger partial charge is 0.296 e. The Labute approximate surface area is 195 Å². The van der Waals surface area contributed by atoms with Crippen LogP contribution in [0.1, 0.15) is 53.6 Å². The van der Waals surface area contributed by atoms with Gasteiger partial charge in [0.1, 0.15) is 17.6 Å². The molecule has 0 saturated carbocycles. The topological polar surface area (TPSA) is 66.8 Å². The molecule has 32 heavy (non-hydrogen) atoms. The molecule has 0 bridgehead atoms. The number of likely N-dealkylation sites (tertiary alicyclic amines) is 1. The number of aliphatic hydroxyl groups excluding tert-OH is 1. The minimum atomic E-state index is -0.655. The van der Waals surface area contributed by atoms with Crippen molar-refractivity contribution in [3.63, 3.8) is 0 Å². The van der Waals surface area contributed by atoms with Gasteiger partial charge in [-0.25, -0.2) is 0 Å². The first-order chi connectivity index (χ1) is 15.4. The molecule has 1 amide bonds. The van der Waals surface area contributed by atoms with Crippen molar-refractivity contribution in [3.8, 4) is 5.75 Å². The average molecular weight is 468 g/mol. The van der Waals surface area contributed by atoms with E-state index in [9.17, 15) is 14.7 Å². The third-order valence-electron chi connectivity index (χ3n) is 5.46. The van der Waals surface area contributed by atoms with E-state index in [0.717, 1.165) is 21.1 Å². The van der Waals surface area contributed by atoms with Crippen LogP contribution < -0.4 is 4.74 Å². The van der Waals surface area contributed by atoms with Crippen molar-refractivity contribution in [3.05, 3.63) is 79.7 Å². The van der Waals surface area contributed by atoms with Gasteiger partial charge in [0, 0.05) is 15.3 Å². The van der Waals surface area contributed by atoms with Crippen LogP contribution in [0.15, 0.2) is 58.8 Å². The van der Waals surface area contributed by atoms with E-state index in [1.165, 1.54) is 22.7 Å². The van der Waals surface area contributed by atoms with Gasteiger partial charge >= 0.3 is 0 Å². The Balaban J connectivity index is 1.83. The zero-order chi connectivity index (χ0) is 22.8. The van der Waals surface area contributed by atoms with Crippen LogP contribution in [0, 0.1) is 0 Å². The van der Waals surface area contributed by atoms with Gasteiger partial charge in [0.15, 0.2) is 0 Å². The van der Waals surface area contributed by atoms with E-state index >= 15 is 0 Å². The summed E-state index contributed by atoms with van der Waals surface area (Å²) in [7, 11) is 0. The molecule has 1 atom stereocenters. The van der Waals surface area contributed by atoms with Gasteiger partial charge in [-0.15, -0.1) is 22.7 Å². The molecule has 3 heterocycles. The zero-order valence-electron chi connectivity index (χ0n) is 18.2. The molecule has 166 valence electrons. The van der Waals surface area contributed by atoms with Crippen molar-refractivity contribution < 1.29 is 19.4 Å². The second-order valence-corrected chi connectivity index (χ2v) is 9.87. The zero-order valence-corrected chi connectivity index (χ0v) is 19.8. The van der Waals surface area contributed by atoms with Crippen LogP contribution in [0.2, 0.25) is 0 Å². The van der Waals surface area contributed by atoms with Crippen LogP contribution >= 0.6 is 22.7 Å². The van der Waals surface area contributed by atoms with E-state index in [0.29, 0.717) is 18.7 Å². The van der Waals surface area contributed by atoms with Crippen LogP contribution in [0.4, 0.5) is 0 Å². The molecular weight excluding hydrogens is 442 g/mol. The van der Waals surface area contributed by atoms with E-state index in [4.69, 9.17) is 4.74 Å². The standard InChI is InChI=1S/C25H25NO4S2/c1-4-30-19-10-9-16(13-18(19)15(2)3)23(27)21-22(20-8-6-12-32-20)26(25(29)24(21)28)14-17-7-5-11-31-17/h5-13,15,22,27H,4,14H2,1-3H3/b23-21-. The summed E-state index contributed by atoms with van der Waals surface area (Å²) in [4.78, 5) is 29.5. The maximum absolute atomic E-state index is 13.1. The summed E-state index contributed by atoms with van der Waals surface area (Å²) in [6, 6.07) is 12.4. The third-order valence-corrected chi connectivity index (χ3v) is 7.25. The Morgan fingerprint density at radius 1 is 1.12 bits per heavy atom. The number of aliphatic hydroxyl groups is 1. The summed E-state index contributed by atoms with van der Waals surface area (Å²) in [6.45, 7) is 6.88. The number of Topliss-reactive ketones (excluding diaryl/α,β-unsaturated/α-hetero) is 1. The van der Waals surface area contributed by atoms with Crippen LogP contribution in [-0.4, -0.2) is 28.3 Å². The molecule has 0 aliphatic carbocycles. The number of benzene rings is 1. The molecular formula is C25H25NO4S2. The first kappa shape index (κ1) is 22.3. The molecule has 2 aromatic heterocycles.